The Bertz CT molecular complexity index is 339. The molecule has 102 valence electrons. The van der Waals surface area contributed by atoms with Crippen LogP contribution in [0.1, 0.15) is 25.7 Å². The molecule has 0 aromatic heterocycles. The third-order valence-electron chi connectivity index (χ3n) is 3.63. The van der Waals surface area contributed by atoms with Crippen LogP contribution >= 0.6 is 12.4 Å². The predicted octanol–water partition coefficient (Wildman–Crippen LogP) is 0.418. The summed E-state index contributed by atoms with van der Waals surface area (Å²) in [5.41, 5.74) is 5.69. The summed E-state index contributed by atoms with van der Waals surface area (Å²) >= 11 is 0. The van der Waals surface area contributed by atoms with Gasteiger partial charge in [0.05, 0.1) is 0 Å². The second-order valence-electron chi connectivity index (χ2n) is 4.77. The smallest absolute Gasteiger partial charge is 0.282 e. The van der Waals surface area contributed by atoms with Crippen LogP contribution in [0.2, 0.25) is 0 Å². The molecule has 1 saturated carbocycles. The number of likely N-dealkylation sites (N-methyl/N-ethyl adjacent to an activating group) is 1. The second kappa shape index (κ2) is 5.84. The van der Waals surface area contributed by atoms with E-state index in [2.05, 4.69) is 0 Å². The second-order valence-corrected chi connectivity index (χ2v) is 6.76. The highest BCUT2D eigenvalue weighted by Gasteiger charge is 2.40. The maximum absolute atomic E-state index is 12.3. The summed E-state index contributed by atoms with van der Waals surface area (Å²) in [6, 6.07) is -0.00870. The molecule has 2 fully saturated rings. The van der Waals surface area contributed by atoms with E-state index in [-0.39, 0.29) is 18.4 Å². The summed E-state index contributed by atoms with van der Waals surface area (Å²) in [6.45, 7) is 1.75. The Morgan fingerprint density at radius 3 is 2.29 bits per heavy atom. The van der Waals surface area contributed by atoms with E-state index in [0.717, 1.165) is 25.7 Å². The minimum atomic E-state index is -3.27. The van der Waals surface area contributed by atoms with E-state index in [0.29, 0.717) is 25.6 Å². The van der Waals surface area contributed by atoms with E-state index in [1.54, 1.807) is 11.4 Å². The number of hydrogen-bond donors (Lipinski definition) is 1. The fraction of sp³-hybridized carbons (Fsp3) is 1.00. The van der Waals surface area contributed by atoms with Gasteiger partial charge in [0.2, 0.25) is 0 Å². The highest BCUT2D eigenvalue weighted by molar-refractivity contribution is 7.86. The van der Waals surface area contributed by atoms with Crippen molar-refractivity contribution in [1.29, 1.82) is 0 Å². The fourth-order valence-electron chi connectivity index (χ4n) is 2.39. The van der Waals surface area contributed by atoms with E-state index in [4.69, 9.17) is 5.73 Å². The number of halogens is 1. The number of hydrogen-bond acceptors (Lipinski definition) is 3. The van der Waals surface area contributed by atoms with E-state index >= 15 is 0 Å². The van der Waals surface area contributed by atoms with Crippen LogP contribution in [0.15, 0.2) is 0 Å². The fourth-order valence-corrected chi connectivity index (χ4v) is 4.08. The van der Waals surface area contributed by atoms with Gasteiger partial charge >= 0.3 is 0 Å². The first-order valence-corrected chi connectivity index (χ1v) is 7.40. The lowest BCUT2D eigenvalue weighted by Crippen LogP contribution is -2.49. The van der Waals surface area contributed by atoms with Gasteiger partial charge in [0.15, 0.2) is 0 Å². The molecule has 0 aromatic rings. The van der Waals surface area contributed by atoms with E-state index in [1.807, 2.05) is 0 Å². The first-order chi connectivity index (χ1) is 7.57. The van der Waals surface area contributed by atoms with Crippen LogP contribution in [-0.2, 0) is 10.2 Å². The highest BCUT2D eigenvalue weighted by Crippen LogP contribution is 2.36. The quantitative estimate of drug-likeness (QED) is 0.795. The van der Waals surface area contributed by atoms with Gasteiger partial charge < -0.3 is 5.73 Å². The van der Waals surface area contributed by atoms with Gasteiger partial charge in [0, 0.05) is 32.7 Å². The lowest BCUT2D eigenvalue weighted by Gasteiger charge is -2.30. The van der Waals surface area contributed by atoms with Crippen molar-refractivity contribution in [2.75, 3.05) is 26.7 Å². The minimum absolute atomic E-state index is 0. The zero-order valence-corrected chi connectivity index (χ0v) is 11.8. The van der Waals surface area contributed by atoms with Gasteiger partial charge in [-0.1, -0.05) is 0 Å². The summed E-state index contributed by atoms with van der Waals surface area (Å²) < 4.78 is 27.6. The predicted molar refractivity (Wildman–Crippen MR) is 70.3 cm³/mol. The Morgan fingerprint density at radius 2 is 1.88 bits per heavy atom. The largest absolute Gasteiger partial charge is 0.329 e. The molecule has 2 rings (SSSR count). The van der Waals surface area contributed by atoms with Crippen LogP contribution in [0, 0.1) is 5.92 Å². The van der Waals surface area contributed by atoms with Crippen LogP contribution in [-0.4, -0.2) is 49.8 Å². The van der Waals surface area contributed by atoms with Crippen molar-refractivity contribution in [2.24, 2.45) is 11.7 Å². The third-order valence-corrected chi connectivity index (χ3v) is 5.65. The molecule has 0 aromatic carbocycles. The molecule has 1 aliphatic heterocycles. The van der Waals surface area contributed by atoms with Crippen LogP contribution in [0.4, 0.5) is 0 Å². The average Bonchev–Trinajstić information content (AvgIpc) is 2.93. The van der Waals surface area contributed by atoms with Crippen molar-refractivity contribution in [2.45, 2.75) is 31.7 Å². The molecule has 0 bridgehead atoms. The van der Waals surface area contributed by atoms with Gasteiger partial charge in [0.1, 0.15) is 0 Å². The molecule has 7 heteroatoms. The third kappa shape index (κ3) is 3.12. The van der Waals surface area contributed by atoms with Crippen molar-refractivity contribution < 1.29 is 8.42 Å². The SMILES string of the molecule is CN(C(CN)C1CC1)S(=O)(=O)N1CCCC1.Cl. The monoisotopic (exact) mass is 283 g/mol. The molecule has 2 N–H and O–H groups in total. The summed E-state index contributed by atoms with van der Waals surface area (Å²) in [6.07, 6.45) is 4.18. The molecular formula is C10H22ClN3O2S. The molecule has 1 heterocycles. The average molecular weight is 284 g/mol. The van der Waals surface area contributed by atoms with E-state index in [9.17, 15) is 8.42 Å². The van der Waals surface area contributed by atoms with Gasteiger partial charge in [-0.25, -0.2) is 0 Å². The number of nitrogens with two attached hydrogens (primary N) is 1. The van der Waals surface area contributed by atoms with Crippen molar-refractivity contribution in [1.82, 2.24) is 8.61 Å². The molecule has 0 amide bonds. The molecule has 1 aliphatic carbocycles. The van der Waals surface area contributed by atoms with Gasteiger partial charge in [-0.3, -0.25) is 0 Å². The Kier molecular flexibility index (Phi) is 5.21. The topological polar surface area (TPSA) is 66.6 Å². The van der Waals surface area contributed by atoms with Gasteiger partial charge in [-0.05, 0) is 31.6 Å². The van der Waals surface area contributed by atoms with Crippen LogP contribution in [0.3, 0.4) is 0 Å². The molecule has 0 radical (unpaired) electrons. The lowest BCUT2D eigenvalue weighted by atomic mass is 10.2. The summed E-state index contributed by atoms with van der Waals surface area (Å²) in [5, 5.41) is 0. The Balaban J connectivity index is 0.00000144. The maximum atomic E-state index is 12.3. The van der Waals surface area contributed by atoms with E-state index < -0.39 is 10.2 Å². The normalized spacial score (nSPS) is 23.7. The summed E-state index contributed by atoms with van der Waals surface area (Å²) in [7, 11) is -1.60. The standard InChI is InChI=1S/C10H21N3O2S.ClH/c1-12(10(8-11)9-4-5-9)16(14,15)13-6-2-3-7-13;/h9-10H,2-8,11H2,1H3;1H. The summed E-state index contributed by atoms with van der Waals surface area (Å²) in [5.74, 6) is 0.479. The highest BCUT2D eigenvalue weighted by atomic mass is 35.5. The van der Waals surface area contributed by atoms with Crippen molar-refractivity contribution in [3.63, 3.8) is 0 Å². The Hall–Kier alpha value is 0.120. The number of rotatable bonds is 5. The van der Waals surface area contributed by atoms with E-state index in [1.165, 1.54) is 4.31 Å². The Labute approximate surface area is 110 Å². The van der Waals surface area contributed by atoms with Gasteiger partial charge in [-0.15, -0.1) is 12.4 Å². The Morgan fingerprint density at radius 1 is 1.35 bits per heavy atom. The van der Waals surface area contributed by atoms with Gasteiger partial charge in [0.25, 0.3) is 10.2 Å². The maximum Gasteiger partial charge on any atom is 0.282 e. The van der Waals surface area contributed by atoms with Crippen molar-refractivity contribution >= 4 is 22.6 Å². The zero-order valence-electron chi connectivity index (χ0n) is 10.2. The molecule has 1 saturated heterocycles. The first-order valence-electron chi connectivity index (χ1n) is 6.00. The number of nitrogens with zero attached hydrogens (tertiary/aromatic N) is 2. The zero-order chi connectivity index (χ0) is 11.8. The molecular weight excluding hydrogens is 262 g/mol. The first kappa shape index (κ1) is 15.2. The van der Waals surface area contributed by atoms with Gasteiger partial charge in [-0.2, -0.15) is 17.0 Å². The molecule has 2 aliphatic rings. The molecule has 5 nitrogen and oxygen atoms in total. The van der Waals surface area contributed by atoms with Crippen LogP contribution in [0.25, 0.3) is 0 Å². The molecule has 0 spiro atoms. The molecule has 1 unspecified atom stereocenters. The van der Waals surface area contributed by atoms with Crippen LogP contribution in [0.5, 0.6) is 0 Å². The lowest BCUT2D eigenvalue weighted by molar-refractivity contribution is 0.311. The minimum Gasteiger partial charge on any atom is -0.329 e. The molecule has 17 heavy (non-hydrogen) atoms. The van der Waals surface area contributed by atoms with Crippen LogP contribution < -0.4 is 5.73 Å². The molecule has 1 atom stereocenters. The van der Waals surface area contributed by atoms with Crippen molar-refractivity contribution in [3.8, 4) is 0 Å². The van der Waals surface area contributed by atoms with Crippen molar-refractivity contribution in [3.05, 3.63) is 0 Å². The summed E-state index contributed by atoms with van der Waals surface area (Å²) in [4.78, 5) is 0.